The number of aromatic carboxylic acids is 1. The summed E-state index contributed by atoms with van der Waals surface area (Å²) in [4.78, 5) is 13.3. The smallest absolute Gasteiger partial charge is 0.335 e. The molecule has 0 atom stereocenters. The number of benzene rings is 1. The molecule has 1 fully saturated rings. The average Bonchev–Trinajstić information content (AvgIpc) is 2.39. The Kier molecular flexibility index (Phi) is 4.18. The number of carboxylic acids is 1. The van der Waals surface area contributed by atoms with Crippen molar-refractivity contribution in [1.82, 2.24) is 9.84 Å². The summed E-state index contributed by atoms with van der Waals surface area (Å²) < 4.78 is 24.3. The molecule has 0 spiro atoms. The summed E-state index contributed by atoms with van der Waals surface area (Å²) in [6.45, 7) is 1.36. The van der Waals surface area contributed by atoms with E-state index in [1.807, 2.05) is 0 Å². The van der Waals surface area contributed by atoms with Crippen molar-refractivity contribution in [3.8, 4) is 0 Å². The summed E-state index contributed by atoms with van der Waals surface area (Å²) in [6.07, 6.45) is 3.02. The van der Waals surface area contributed by atoms with Gasteiger partial charge in [0.25, 0.3) is 10.0 Å². The van der Waals surface area contributed by atoms with E-state index in [2.05, 4.69) is 4.83 Å². The van der Waals surface area contributed by atoms with Crippen molar-refractivity contribution in [2.24, 2.45) is 0 Å². The van der Waals surface area contributed by atoms with Gasteiger partial charge in [-0.2, -0.15) is 0 Å². The number of nitrogens with one attached hydrogen (secondary N) is 1. The standard InChI is InChI=1S/C12H16N2O4S/c15-12(16)10-5-4-6-11(9-10)19(17,18)13-14-7-2-1-3-8-14/h4-6,9,13H,1-3,7-8H2,(H,15,16). The van der Waals surface area contributed by atoms with E-state index in [0.29, 0.717) is 13.1 Å². The van der Waals surface area contributed by atoms with Crippen molar-refractivity contribution in [2.45, 2.75) is 24.2 Å². The molecule has 0 unspecified atom stereocenters. The van der Waals surface area contributed by atoms with Crippen LogP contribution in [0.5, 0.6) is 0 Å². The Balaban J connectivity index is 2.18. The summed E-state index contributed by atoms with van der Waals surface area (Å²) >= 11 is 0. The molecule has 1 aliphatic rings. The number of hydrogen-bond acceptors (Lipinski definition) is 4. The van der Waals surface area contributed by atoms with Crippen LogP contribution in [0, 0.1) is 0 Å². The minimum atomic E-state index is -3.70. The van der Waals surface area contributed by atoms with Gasteiger partial charge in [-0.15, -0.1) is 4.83 Å². The highest BCUT2D eigenvalue weighted by Crippen LogP contribution is 2.14. The Morgan fingerprint density at radius 3 is 2.53 bits per heavy atom. The molecule has 7 heteroatoms. The van der Waals surface area contributed by atoms with Gasteiger partial charge in [0.1, 0.15) is 0 Å². The average molecular weight is 284 g/mol. The fourth-order valence-electron chi connectivity index (χ4n) is 2.00. The summed E-state index contributed by atoms with van der Waals surface area (Å²) in [7, 11) is -3.70. The van der Waals surface area contributed by atoms with Crippen molar-refractivity contribution >= 4 is 16.0 Å². The van der Waals surface area contributed by atoms with Crippen LogP contribution in [0.25, 0.3) is 0 Å². The Bertz CT molecular complexity index is 565. The number of carbonyl (C=O) groups is 1. The molecule has 19 heavy (non-hydrogen) atoms. The monoisotopic (exact) mass is 284 g/mol. The highest BCUT2D eigenvalue weighted by atomic mass is 32.2. The van der Waals surface area contributed by atoms with E-state index in [9.17, 15) is 13.2 Å². The van der Waals surface area contributed by atoms with Gasteiger partial charge in [-0.25, -0.2) is 18.2 Å². The molecule has 0 radical (unpaired) electrons. The minimum absolute atomic E-state index is 0.0297. The normalized spacial score (nSPS) is 17.3. The van der Waals surface area contributed by atoms with Crippen molar-refractivity contribution in [3.63, 3.8) is 0 Å². The van der Waals surface area contributed by atoms with E-state index in [1.165, 1.54) is 18.2 Å². The third-order valence-electron chi connectivity index (χ3n) is 3.00. The lowest BCUT2D eigenvalue weighted by atomic mass is 10.2. The Labute approximate surface area is 112 Å². The van der Waals surface area contributed by atoms with Crippen LogP contribution in [-0.2, 0) is 10.0 Å². The first kappa shape index (κ1) is 14.0. The minimum Gasteiger partial charge on any atom is -0.478 e. The SMILES string of the molecule is O=C(O)c1cccc(S(=O)(=O)NN2CCCCC2)c1. The lowest BCUT2D eigenvalue weighted by molar-refractivity contribution is 0.0696. The van der Waals surface area contributed by atoms with E-state index < -0.39 is 16.0 Å². The first-order chi connectivity index (χ1) is 8.99. The number of hydrogen-bond donors (Lipinski definition) is 2. The quantitative estimate of drug-likeness (QED) is 0.863. The number of nitrogens with zero attached hydrogens (tertiary/aromatic N) is 1. The highest BCUT2D eigenvalue weighted by molar-refractivity contribution is 7.89. The van der Waals surface area contributed by atoms with Gasteiger partial charge in [0.15, 0.2) is 0 Å². The Morgan fingerprint density at radius 1 is 1.21 bits per heavy atom. The van der Waals surface area contributed by atoms with E-state index in [-0.39, 0.29) is 10.5 Å². The van der Waals surface area contributed by atoms with Gasteiger partial charge < -0.3 is 5.11 Å². The van der Waals surface area contributed by atoms with Crippen molar-refractivity contribution in [1.29, 1.82) is 0 Å². The van der Waals surface area contributed by atoms with Gasteiger partial charge >= 0.3 is 5.97 Å². The number of piperidine rings is 1. The zero-order valence-electron chi connectivity index (χ0n) is 10.4. The molecule has 0 saturated carbocycles. The largest absolute Gasteiger partial charge is 0.478 e. The first-order valence-corrected chi connectivity index (χ1v) is 7.58. The molecule has 6 nitrogen and oxygen atoms in total. The molecule has 1 aromatic rings. The fraction of sp³-hybridized carbons (Fsp3) is 0.417. The molecular formula is C12H16N2O4S. The molecule has 104 valence electrons. The van der Waals surface area contributed by atoms with Gasteiger partial charge in [-0.1, -0.05) is 12.5 Å². The summed E-state index contributed by atoms with van der Waals surface area (Å²) in [5, 5.41) is 10.5. The molecule has 1 heterocycles. The third-order valence-corrected chi connectivity index (χ3v) is 4.37. The van der Waals surface area contributed by atoms with E-state index in [0.717, 1.165) is 25.3 Å². The molecule has 0 bridgehead atoms. The van der Waals surface area contributed by atoms with Gasteiger partial charge in [-0.3, -0.25) is 0 Å². The van der Waals surface area contributed by atoms with Crippen LogP contribution in [0.2, 0.25) is 0 Å². The molecule has 1 aliphatic heterocycles. The topological polar surface area (TPSA) is 86.7 Å². The molecule has 0 aromatic heterocycles. The first-order valence-electron chi connectivity index (χ1n) is 6.10. The molecule has 1 aromatic carbocycles. The van der Waals surface area contributed by atoms with Crippen molar-refractivity contribution in [3.05, 3.63) is 29.8 Å². The van der Waals surface area contributed by atoms with Crippen LogP contribution in [-0.4, -0.2) is 37.6 Å². The number of hydrazine groups is 1. The van der Waals surface area contributed by atoms with Crippen LogP contribution < -0.4 is 4.83 Å². The van der Waals surface area contributed by atoms with Gasteiger partial charge in [-0.05, 0) is 31.0 Å². The molecule has 2 rings (SSSR count). The van der Waals surface area contributed by atoms with Crippen LogP contribution >= 0.6 is 0 Å². The number of rotatable bonds is 4. The van der Waals surface area contributed by atoms with Crippen molar-refractivity contribution in [2.75, 3.05) is 13.1 Å². The van der Waals surface area contributed by atoms with E-state index in [1.54, 1.807) is 5.01 Å². The van der Waals surface area contributed by atoms with Crippen LogP contribution in [0.1, 0.15) is 29.6 Å². The van der Waals surface area contributed by atoms with Crippen LogP contribution in [0.4, 0.5) is 0 Å². The zero-order chi connectivity index (χ0) is 13.9. The molecule has 1 saturated heterocycles. The van der Waals surface area contributed by atoms with Crippen LogP contribution in [0.3, 0.4) is 0 Å². The van der Waals surface area contributed by atoms with Gasteiger partial charge in [0.05, 0.1) is 10.5 Å². The lowest BCUT2D eigenvalue weighted by Crippen LogP contribution is -2.44. The second-order valence-electron chi connectivity index (χ2n) is 4.48. The van der Waals surface area contributed by atoms with Crippen molar-refractivity contribution < 1.29 is 18.3 Å². The Morgan fingerprint density at radius 2 is 1.89 bits per heavy atom. The maximum absolute atomic E-state index is 12.1. The molecular weight excluding hydrogens is 268 g/mol. The highest BCUT2D eigenvalue weighted by Gasteiger charge is 2.20. The number of sulfonamides is 1. The second-order valence-corrected chi connectivity index (χ2v) is 6.14. The molecule has 0 amide bonds. The summed E-state index contributed by atoms with van der Waals surface area (Å²) in [6, 6.07) is 5.34. The summed E-state index contributed by atoms with van der Waals surface area (Å²) in [5.41, 5.74) is -0.0403. The molecule has 2 N–H and O–H groups in total. The number of carboxylic acid groups (broad SMARTS) is 1. The molecule has 0 aliphatic carbocycles. The third kappa shape index (κ3) is 3.52. The zero-order valence-corrected chi connectivity index (χ0v) is 11.2. The maximum atomic E-state index is 12.1. The summed E-state index contributed by atoms with van der Waals surface area (Å²) in [5.74, 6) is -1.14. The maximum Gasteiger partial charge on any atom is 0.335 e. The van der Waals surface area contributed by atoms with Crippen LogP contribution in [0.15, 0.2) is 29.2 Å². The lowest BCUT2D eigenvalue weighted by Gasteiger charge is -2.26. The fourth-order valence-corrected chi connectivity index (χ4v) is 3.17. The van der Waals surface area contributed by atoms with Gasteiger partial charge in [0, 0.05) is 13.1 Å². The second kappa shape index (κ2) is 5.68. The van der Waals surface area contributed by atoms with Gasteiger partial charge in [0.2, 0.25) is 0 Å². The Hall–Kier alpha value is -1.44. The van der Waals surface area contributed by atoms with E-state index in [4.69, 9.17) is 5.11 Å². The predicted octanol–water partition coefficient (Wildman–Crippen LogP) is 1.06. The van der Waals surface area contributed by atoms with E-state index >= 15 is 0 Å². The predicted molar refractivity (Wildman–Crippen MR) is 69.1 cm³/mol.